The van der Waals surface area contributed by atoms with Crippen LogP contribution in [0.1, 0.15) is 16.1 Å². The van der Waals surface area contributed by atoms with Gasteiger partial charge in [0.1, 0.15) is 11.5 Å². The fourth-order valence-electron chi connectivity index (χ4n) is 1.58. The molecule has 0 aliphatic carbocycles. The van der Waals surface area contributed by atoms with Crippen LogP contribution in [0, 0.1) is 5.82 Å². The molecule has 1 aromatic heterocycles. The highest BCUT2D eigenvalue weighted by Crippen LogP contribution is 2.17. The van der Waals surface area contributed by atoms with Gasteiger partial charge in [0.05, 0.1) is 0 Å². The molecule has 6 heteroatoms. The van der Waals surface area contributed by atoms with Crippen LogP contribution in [0.4, 0.5) is 10.1 Å². The molecule has 2 aromatic rings. The maximum absolute atomic E-state index is 13.5. The van der Waals surface area contributed by atoms with Crippen molar-refractivity contribution in [3.8, 4) is 0 Å². The number of rotatable bonds is 4. The number of H-pyrrole nitrogens is 1. The number of amides is 1. The molecule has 3 N–H and O–H groups in total. The molecule has 0 radical (unpaired) electrons. The van der Waals surface area contributed by atoms with Crippen LogP contribution >= 0.6 is 0 Å². The number of hydrogen-bond donors (Lipinski definition) is 3. The second kappa shape index (κ2) is 5.83. The Bertz CT molecular complexity index is 663. The molecule has 0 saturated heterocycles. The molecule has 5 nitrogen and oxygen atoms in total. The minimum Gasteiger partial charge on any atom is -0.478 e. The number of carboxylic acid groups (broad SMARTS) is 1. The molecule has 2 rings (SSSR count). The van der Waals surface area contributed by atoms with E-state index in [2.05, 4.69) is 10.3 Å². The number of benzene rings is 1. The van der Waals surface area contributed by atoms with Crippen LogP contribution in [0.3, 0.4) is 0 Å². The first-order chi connectivity index (χ1) is 9.56. The lowest BCUT2D eigenvalue weighted by Gasteiger charge is -2.05. The molecule has 1 heterocycles. The van der Waals surface area contributed by atoms with Gasteiger partial charge in [-0.3, -0.25) is 4.79 Å². The van der Waals surface area contributed by atoms with Crippen LogP contribution in [-0.4, -0.2) is 22.0 Å². The number of carbonyl (C=O) groups is 2. The standard InChI is InChI=1S/C14H11FN2O3/c15-11-5-4-10(8-9(11)3-6-13(18)19)17-14(20)12-2-1-7-16-12/h1-8,16H,(H,17,20)(H,18,19)/b6-3+. The minimum atomic E-state index is -1.18. The predicted octanol–water partition coefficient (Wildman–Crippen LogP) is 2.50. The molecule has 0 bridgehead atoms. The van der Waals surface area contributed by atoms with Crippen molar-refractivity contribution in [3.63, 3.8) is 0 Å². The summed E-state index contributed by atoms with van der Waals surface area (Å²) < 4.78 is 13.5. The van der Waals surface area contributed by atoms with Crippen molar-refractivity contribution in [2.75, 3.05) is 5.32 Å². The van der Waals surface area contributed by atoms with E-state index in [1.165, 1.54) is 12.1 Å². The van der Waals surface area contributed by atoms with Crippen LogP contribution in [0.15, 0.2) is 42.6 Å². The zero-order chi connectivity index (χ0) is 14.5. The van der Waals surface area contributed by atoms with E-state index in [0.29, 0.717) is 11.4 Å². The lowest BCUT2D eigenvalue weighted by molar-refractivity contribution is -0.131. The molecule has 102 valence electrons. The third kappa shape index (κ3) is 3.32. The maximum atomic E-state index is 13.5. The van der Waals surface area contributed by atoms with Crippen molar-refractivity contribution in [1.82, 2.24) is 4.98 Å². The summed E-state index contributed by atoms with van der Waals surface area (Å²) in [6, 6.07) is 7.19. The number of aromatic nitrogens is 1. The van der Waals surface area contributed by atoms with Crippen molar-refractivity contribution in [2.45, 2.75) is 0 Å². The fourth-order valence-corrected chi connectivity index (χ4v) is 1.58. The Labute approximate surface area is 113 Å². The molecule has 0 saturated carbocycles. The summed E-state index contributed by atoms with van der Waals surface area (Å²) in [7, 11) is 0. The molecule has 1 amide bonds. The monoisotopic (exact) mass is 274 g/mol. The van der Waals surface area contributed by atoms with E-state index in [1.807, 2.05) is 0 Å². The molecular weight excluding hydrogens is 263 g/mol. The van der Waals surface area contributed by atoms with Gasteiger partial charge in [0.15, 0.2) is 0 Å². The van der Waals surface area contributed by atoms with Gasteiger partial charge in [0, 0.05) is 23.5 Å². The van der Waals surface area contributed by atoms with Crippen LogP contribution in [0.25, 0.3) is 6.08 Å². The zero-order valence-electron chi connectivity index (χ0n) is 10.3. The summed E-state index contributed by atoms with van der Waals surface area (Å²) in [5.41, 5.74) is 0.824. The first kappa shape index (κ1) is 13.5. The molecule has 0 spiro atoms. The first-order valence-corrected chi connectivity index (χ1v) is 5.71. The Morgan fingerprint density at radius 1 is 1.30 bits per heavy atom. The predicted molar refractivity (Wildman–Crippen MR) is 71.8 cm³/mol. The van der Waals surface area contributed by atoms with Crippen LogP contribution in [-0.2, 0) is 4.79 Å². The van der Waals surface area contributed by atoms with Crippen molar-refractivity contribution < 1.29 is 19.1 Å². The topological polar surface area (TPSA) is 82.2 Å². The normalized spacial score (nSPS) is 10.7. The van der Waals surface area contributed by atoms with E-state index in [-0.39, 0.29) is 11.5 Å². The molecule has 0 aliphatic heterocycles. The van der Waals surface area contributed by atoms with E-state index in [4.69, 9.17) is 5.11 Å². The van der Waals surface area contributed by atoms with Crippen molar-refractivity contribution in [1.29, 1.82) is 0 Å². The number of carboxylic acids is 1. The fraction of sp³-hybridized carbons (Fsp3) is 0. The zero-order valence-corrected chi connectivity index (χ0v) is 10.3. The van der Waals surface area contributed by atoms with E-state index >= 15 is 0 Å². The summed E-state index contributed by atoms with van der Waals surface area (Å²) in [5, 5.41) is 11.1. The summed E-state index contributed by atoms with van der Waals surface area (Å²) in [5.74, 6) is -2.11. The number of nitrogens with one attached hydrogen (secondary N) is 2. The highest BCUT2D eigenvalue weighted by Gasteiger charge is 2.08. The van der Waals surface area contributed by atoms with Crippen LogP contribution < -0.4 is 5.32 Å². The maximum Gasteiger partial charge on any atom is 0.328 e. The van der Waals surface area contributed by atoms with Crippen molar-refractivity contribution in [3.05, 3.63) is 59.7 Å². The number of aliphatic carboxylic acids is 1. The van der Waals surface area contributed by atoms with Crippen molar-refractivity contribution >= 4 is 23.6 Å². The third-order valence-electron chi connectivity index (χ3n) is 2.50. The van der Waals surface area contributed by atoms with Crippen molar-refractivity contribution in [2.24, 2.45) is 0 Å². The Balaban J connectivity index is 2.19. The van der Waals surface area contributed by atoms with Crippen LogP contribution in [0.5, 0.6) is 0 Å². The Kier molecular flexibility index (Phi) is 3.95. The van der Waals surface area contributed by atoms with E-state index in [0.717, 1.165) is 18.2 Å². The molecule has 0 fully saturated rings. The second-order valence-electron chi connectivity index (χ2n) is 3.95. The number of carbonyl (C=O) groups excluding carboxylic acids is 1. The Morgan fingerprint density at radius 3 is 2.75 bits per heavy atom. The molecule has 0 unspecified atom stereocenters. The Morgan fingerprint density at radius 2 is 2.10 bits per heavy atom. The highest BCUT2D eigenvalue weighted by atomic mass is 19.1. The number of halogens is 1. The van der Waals surface area contributed by atoms with Gasteiger partial charge in [-0.2, -0.15) is 0 Å². The average molecular weight is 274 g/mol. The van der Waals surface area contributed by atoms with Gasteiger partial charge in [0.25, 0.3) is 5.91 Å². The second-order valence-corrected chi connectivity index (χ2v) is 3.95. The van der Waals surface area contributed by atoms with Gasteiger partial charge in [-0.25, -0.2) is 9.18 Å². The Hall–Kier alpha value is -2.89. The van der Waals surface area contributed by atoms with Gasteiger partial charge in [-0.1, -0.05) is 0 Å². The van der Waals surface area contributed by atoms with Crippen LogP contribution in [0.2, 0.25) is 0 Å². The van der Waals surface area contributed by atoms with Gasteiger partial charge in [-0.05, 0) is 36.4 Å². The largest absolute Gasteiger partial charge is 0.478 e. The summed E-state index contributed by atoms with van der Waals surface area (Å²) in [6.45, 7) is 0. The minimum absolute atomic E-state index is 0.0803. The summed E-state index contributed by atoms with van der Waals surface area (Å²) in [6.07, 6.45) is 3.57. The summed E-state index contributed by atoms with van der Waals surface area (Å²) >= 11 is 0. The summed E-state index contributed by atoms with van der Waals surface area (Å²) in [4.78, 5) is 25.0. The molecule has 0 atom stereocenters. The molecule has 20 heavy (non-hydrogen) atoms. The van der Waals surface area contributed by atoms with Gasteiger partial charge in [0.2, 0.25) is 0 Å². The van der Waals surface area contributed by atoms with E-state index in [9.17, 15) is 14.0 Å². The lowest BCUT2D eigenvalue weighted by atomic mass is 10.1. The number of hydrogen-bond acceptors (Lipinski definition) is 2. The van der Waals surface area contributed by atoms with Gasteiger partial charge in [-0.15, -0.1) is 0 Å². The van der Waals surface area contributed by atoms with E-state index in [1.54, 1.807) is 18.3 Å². The lowest BCUT2D eigenvalue weighted by Crippen LogP contribution is -2.12. The molecule has 0 aliphatic rings. The smallest absolute Gasteiger partial charge is 0.328 e. The molecular formula is C14H11FN2O3. The number of aromatic amines is 1. The van der Waals surface area contributed by atoms with Gasteiger partial charge < -0.3 is 15.4 Å². The highest BCUT2D eigenvalue weighted by molar-refractivity contribution is 6.03. The molecule has 1 aromatic carbocycles. The van der Waals surface area contributed by atoms with E-state index < -0.39 is 11.8 Å². The first-order valence-electron chi connectivity index (χ1n) is 5.71. The average Bonchev–Trinajstić information content (AvgIpc) is 2.93. The quantitative estimate of drug-likeness (QED) is 0.749. The third-order valence-corrected chi connectivity index (χ3v) is 2.50. The van der Waals surface area contributed by atoms with Gasteiger partial charge >= 0.3 is 5.97 Å². The SMILES string of the molecule is O=C(O)/C=C/c1cc(NC(=O)c2ccc[nH]2)ccc1F. The number of anilines is 1.